The number of anilines is 3. The normalized spacial score (nSPS) is 11.8. The van der Waals surface area contributed by atoms with Crippen molar-refractivity contribution in [2.45, 2.75) is 26.3 Å². The first-order valence-electron chi connectivity index (χ1n) is 8.81. The second kappa shape index (κ2) is 8.72. The SMILES string of the molecule is CC[C@@H](C)Nc1nc(NNc2c(F)c(F)cc(F)c2F)cc(-c2ccccn2)n1. The average molecular weight is 406 g/mol. The Morgan fingerprint density at radius 1 is 0.931 bits per heavy atom. The monoisotopic (exact) mass is 406 g/mol. The van der Waals surface area contributed by atoms with Crippen LogP contribution in [-0.2, 0) is 0 Å². The molecule has 0 aliphatic rings. The standard InChI is InChI=1S/C19H18F4N6/c1-3-10(2)25-19-26-14(13-6-4-5-7-24-13)9-15(27-19)28-29-18-16(22)11(20)8-12(21)17(18)23/h4-10,29H,3H2,1-2H3,(H2,25,26,27,28)/t10-/m1/s1. The highest BCUT2D eigenvalue weighted by atomic mass is 19.2. The molecule has 0 saturated heterocycles. The minimum atomic E-state index is -1.56. The summed E-state index contributed by atoms with van der Waals surface area (Å²) in [6.07, 6.45) is 2.39. The average Bonchev–Trinajstić information content (AvgIpc) is 2.72. The van der Waals surface area contributed by atoms with Crippen LogP contribution in [0.3, 0.4) is 0 Å². The van der Waals surface area contributed by atoms with Gasteiger partial charge in [0, 0.05) is 24.4 Å². The Labute approximate surface area is 164 Å². The minimum Gasteiger partial charge on any atom is -0.352 e. The van der Waals surface area contributed by atoms with Crippen molar-refractivity contribution >= 4 is 17.5 Å². The van der Waals surface area contributed by atoms with Crippen molar-refractivity contribution in [1.82, 2.24) is 15.0 Å². The smallest absolute Gasteiger partial charge is 0.225 e. The van der Waals surface area contributed by atoms with Gasteiger partial charge in [-0.15, -0.1) is 0 Å². The molecule has 6 nitrogen and oxygen atoms in total. The molecule has 1 aromatic carbocycles. The van der Waals surface area contributed by atoms with E-state index in [0.29, 0.717) is 11.4 Å². The van der Waals surface area contributed by atoms with Gasteiger partial charge < -0.3 is 5.32 Å². The summed E-state index contributed by atoms with van der Waals surface area (Å²) in [5.74, 6) is -5.82. The van der Waals surface area contributed by atoms with Crippen LogP contribution < -0.4 is 16.2 Å². The molecule has 3 aromatic rings. The summed E-state index contributed by atoms with van der Waals surface area (Å²) in [6, 6.07) is 6.91. The lowest BCUT2D eigenvalue weighted by atomic mass is 10.2. The maximum atomic E-state index is 13.8. The van der Waals surface area contributed by atoms with Gasteiger partial charge in [-0.25, -0.2) is 22.5 Å². The second-order valence-electron chi connectivity index (χ2n) is 6.22. The quantitative estimate of drug-likeness (QED) is 0.299. The number of nitrogens with zero attached hydrogens (tertiary/aromatic N) is 3. The van der Waals surface area contributed by atoms with E-state index in [9.17, 15) is 17.6 Å². The molecule has 0 fully saturated rings. The number of pyridine rings is 1. The number of hydrazine groups is 1. The number of benzene rings is 1. The van der Waals surface area contributed by atoms with Crippen LogP contribution in [-0.4, -0.2) is 21.0 Å². The van der Waals surface area contributed by atoms with E-state index in [4.69, 9.17) is 0 Å². The first-order valence-corrected chi connectivity index (χ1v) is 8.81. The lowest BCUT2D eigenvalue weighted by Crippen LogP contribution is -2.18. The van der Waals surface area contributed by atoms with Gasteiger partial charge in [0.15, 0.2) is 29.1 Å². The Hall–Kier alpha value is -3.43. The van der Waals surface area contributed by atoms with Crippen molar-refractivity contribution in [3.63, 3.8) is 0 Å². The van der Waals surface area contributed by atoms with Gasteiger partial charge in [-0.05, 0) is 25.5 Å². The van der Waals surface area contributed by atoms with Crippen molar-refractivity contribution in [1.29, 1.82) is 0 Å². The maximum Gasteiger partial charge on any atom is 0.225 e. The predicted octanol–water partition coefficient (Wildman–Crippen LogP) is 4.74. The summed E-state index contributed by atoms with van der Waals surface area (Å²) in [5, 5.41) is 3.10. The molecule has 29 heavy (non-hydrogen) atoms. The molecule has 3 rings (SSSR count). The minimum absolute atomic E-state index is 0.0574. The molecule has 1 atom stereocenters. The van der Waals surface area contributed by atoms with Gasteiger partial charge in [-0.2, -0.15) is 4.98 Å². The zero-order valence-electron chi connectivity index (χ0n) is 15.6. The molecule has 152 valence electrons. The van der Waals surface area contributed by atoms with Gasteiger partial charge in [0.1, 0.15) is 5.69 Å². The van der Waals surface area contributed by atoms with Crippen LogP contribution in [0.4, 0.5) is 35.0 Å². The molecule has 2 aromatic heterocycles. The van der Waals surface area contributed by atoms with Crippen molar-refractivity contribution < 1.29 is 17.6 Å². The van der Waals surface area contributed by atoms with E-state index in [1.807, 2.05) is 13.8 Å². The van der Waals surface area contributed by atoms with E-state index < -0.39 is 29.0 Å². The molecular weight excluding hydrogens is 388 g/mol. The van der Waals surface area contributed by atoms with Crippen LogP contribution in [0, 0.1) is 23.3 Å². The van der Waals surface area contributed by atoms with Gasteiger partial charge in [0.05, 0.1) is 11.4 Å². The van der Waals surface area contributed by atoms with E-state index >= 15 is 0 Å². The molecule has 10 heteroatoms. The van der Waals surface area contributed by atoms with Gasteiger partial charge >= 0.3 is 0 Å². The van der Waals surface area contributed by atoms with Crippen LogP contribution in [0.5, 0.6) is 0 Å². The predicted molar refractivity (Wildman–Crippen MR) is 102 cm³/mol. The molecule has 0 aliphatic heterocycles. The molecule has 0 spiro atoms. The molecule has 0 aliphatic carbocycles. The van der Waals surface area contributed by atoms with E-state index in [1.54, 1.807) is 24.4 Å². The molecule has 3 N–H and O–H groups in total. The Morgan fingerprint density at radius 2 is 1.66 bits per heavy atom. The molecule has 0 radical (unpaired) electrons. The van der Waals surface area contributed by atoms with Crippen molar-refractivity contribution in [2.24, 2.45) is 0 Å². The summed E-state index contributed by atoms with van der Waals surface area (Å²) in [5.41, 5.74) is 4.56. The molecule has 0 unspecified atom stereocenters. The van der Waals surface area contributed by atoms with Crippen LogP contribution in [0.25, 0.3) is 11.4 Å². The molecule has 0 bridgehead atoms. The first-order chi connectivity index (χ1) is 13.9. The number of hydrogen-bond acceptors (Lipinski definition) is 6. The highest BCUT2D eigenvalue weighted by Gasteiger charge is 2.19. The Balaban J connectivity index is 1.93. The van der Waals surface area contributed by atoms with Crippen molar-refractivity contribution in [3.8, 4) is 11.4 Å². The van der Waals surface area contributed by atoms with Gasteiger partial charge in [0.25, 0.3) is 0 Å². The van der Waals surface area contributed by atoms with Crippen LogP contribution in [0.2, 0.25) is 0 Å². The third-order valence-electron chi connectivity index (χ3n) is 4.07. The van der Waals surface area contributed by atoms with E-state index in [-0.39, 0.29) is 23.9 Å². The Morgan fingerprint density at radius 3 is 2.28 bits per heavy atom. The van der Waals surface area contributed by atoms with E-state index in [0.717, 1.165) is 6.42 Å². The fraction of sp³-hybridized carbons (Fsp3) is 0.211. The van der Waals surface area contributed by atoms with E-state index in [2.05, 4.69) is 31.1 Å². The van der Waals surface area contributed by atoms with Crippen LogP contribution in [0.1, 0.15) is 20.3 Å². The zero-order valence-corrected chi connectivity index (χ0v) is 15.6. The third kappa shape index (κ3) is 4.71. The van der Waals surface area contributed by atoms with Crippen molar-refractivity contribution in [3.05, 3.63) is 59.8 Å². The van der Waals surface area contributed by atoms with E-state index in [1.165, 1.54) is 6.07 Å². The molecule has 0 saturated carbocycles. The van der Waals surface area contributed by atoms with Crippen LogP contribution >= 0.6 is 0 Å². The van der Waals surface area contributed by atoms with Gasteiger partial charge in [-0.3, -0.25) is 15.8 Å². The second-order valence-corrected chi connectivity index (χ2v) is 6.22. The number of rotatable bonds is 7. The fourth-order valence-corrected chi connectivity index (χ4v) is 2.35. The zero-order chi connectivity index (χ0) is 21.0. The number of halogens is 4. The summed E-state index contributed by atoms with van der Waals surface area (Å²) >= 11 is 0. The summed E-state index contributed by atoms with van der Waals surface area (Å²) in [6.45, 7) is 3.91. The third-order valence-corrected chi connectivity index (χ3v) is 4.07. The highest BCUT2D eigenvalue weighted by molar-refractivity contribution is 5.62. The summed E-state index contributed by atoms with van der Waals surface area (Å²) in [4.78, 5) is 12.8. The largest absolute Gasteiger partial charge is 0.352 e. The van der Waals surface area contributed by atoms with Crippen molar-refractivity contribution in [2.75, 3.05) is 16.2 Å². The number of aromatic nitrogens is 3. The molecule has 0 amide bonds. The first kappa shape index (κ1) is 20.3. The lowest BCUT2D eigenvalue weighted by Gasteiger charge is -2.15. The molecule has 2 heterocycles. The Bertz CT molecular complexity index is 973. The highest BCUT2D eigenvalue weighted by Crippen LogP contribution is 2.25. The van der Waals surface area contributed by atoms with Gasteiger partial charge in [-0.1, -0.05) is 13.0 Å². The number of nitrogens with one attached hydrogen (secondary N) is 3. The number of hydrogen-bond donors (Lipinski definition) is 3. The lowest BCUT2D eigenvalue weighted by molar-refractivity contribution is 0.459. The van der Waals surface area contributed by atoms with Gasteiger partial charge in [0.2, 0.25) is 5.95 Å². The summed E-state index contributed by atoms with van der Waals surface area (Å²) < 4.78 is 54.5. The molecular formula is C19H18F4N6. The topological polar surface area (TPSA) is 74.8 Å². The fourth-order valence-electron chi connectivity index (χ4n) is 2.35. The van der Waals surface area contributed by atoms with Crippen LogP contribution in [0.15, 0.2) is 36.5 Å². The maximum absolute atomic E-state index is 13.8. The Kier molecular flexibility index (Phi) is 6.10. The summed E-state index contributed by atoms with van der Waals surface area (Å²) in [7, 11) is 0.